The fourth-order valence-electron chi connectivity index (χ4n) is 3.38. The van der Waals surface area contributed by atoms with Gasteiger partial charge in [0.15, 0.2) is 5.82 Å². The van der Waals surface area contributed by atoms with Crippen LogP contribution in [0.25, 0.3) is 11.1 Å². The first-order valence-corrected chi connectivity index (χ1v) is 10.4. The van der Waals surface area contributed by atoms with Crippen molar-refractivity contribution in [1.29, 1.82) is 5.26 Å². The number of nitriles is 1. The number of nitrogens with zero attached hydrogens (tertiary/aromatic N) is 2. The summed E-state index contributed by atoms with van der Waals surface area (Å²) in [5.41, 5.74) is 3.83. The molecule has 1 unspecified atom stereocenters. The lowest BCUT2D eigenvalue weighted by Gasteiger charge is -2.22. The second kappa shape index (κ2) is 9.70. The van der Waals surface area contributed by atoms with Crippen molar-refractivity contribution in [1.82, 2.24) is 4.98 Å². The van der Waals surface area contributed by atoms with E-state index in [9.17, 15) is 32.0 Å². The van der Waals surface area contributed by atoms with Crippen LogP contribution < -0.4 is 10.6 Å². The molecule has 1 heterocycles. The van der Waals surface area contributed by atoms with Crippen LogP contribution in [-0.2, 0) is 4.79 Å². The van der Waals surface area contributed by atoms with E-state index in [2.05, 4.69) is 16.4 Å². The maximum Gasteiger partial charge on any atom is 0.463 e. The van der Waals surface area contributed by atoms with Gasteiger partial charge in [-0.3, -0.25) is 4.79 Å². The first-order chi connectivity index (χ1) is 16.3. The Morgan fingerprint density at radius 2 is 1.69 bits per heavy atom. The van der Waals surface area contributed by atoms with E-state index >= 15 is 0 Å². The van der Waals surface area contributed by atoms with Gasteiger partial charge in [-0.25, -0.2) is 4.98 Å². The normalized spacial score (nSPS) is 12.5. The number of aryl methyl sites for hydroxylation is 2. The number of rotatable bonds is 6. The van der Waals surface area contributed by atoms with Crippen LogP contribution in [0.3, 0.4) is 0 Å². The van der Waals surface area contributed by atoms with Crippen molar-refractivity contribution in [3.8, 4) is 17.2 Å². The van der Waals surface area contributed by atoms with E-state index < -0.39 is 24.0 Å². The smallest absolute Gasteiger partial charge is 0.362 e. The minimum atomic E-state index is -6.03. The molecule has 0 aliphatic rings. The lowest BCUT2D eigenvalue weighted by molar-refractivity contribution is -0.267. The van der Waals surface area contributed by atoms with Crippen molar-refractivity contribution in [3.63, 3.8) is 0 Å². The molecule has 0 aliphatic carbocycles. The minimum absolute atomic E-state index is 0.0571. The monoisotopic (exact) mass is 488 g/mol. The van der Waals surface area contributed by atoms with Gasteiger partial charge in [-0.1, -0.05) is 42.0 Å². The predicted molar refractivity (Wildman–Crippen MR) is 122 cm³/mol. The molecule has 35 heavy (non-hydrogen) atoms. The van der Waals surface area contributed by atoms with Gasteiger partial charge in [-0.2, -0.15) is 27.2 Å². The summed E-state index contributed by atoms with van der Waals surface area (Å²) in [4.78, 5) is 15.7. The van der Waals surface area contributed by atoms with Gasteiger partial charge in [0, 0.05) is 6.20 Å². The molecule has 3 aromatic rings. The third kappa shape index (κ3) is 5.40. The summed E-state index contributed by atoms with van der Waals surface area (Å²) in [6, 6.07) is 15.8. The lowest BCUT2D eigenvalue weighted by Crippen LogP contribution is -2.47. The fourth-order valence-corrected chi connectivity index (χ4v) is 3.38. The molecular weight excluding hydrogens is 467 g/mol. The molecule has 182 valence electrons. The summed E-state index contributed by atoms with van der Waals surface area (Å²) in [6.07, 6.45) is -4.69. The van der Waals surface area contributed by atoms with Crippen LogP contribution in [-0.4, -0.2) is 23.0 Å². The second-order valence-corrected chi connectivity index (χ2v) is 8.03. The van der Waals surface area contributed by atoms with Crippen molar-refractivity contribution in [2.45, 2.75) is 38.9 Å². The number of amides is 1. The van der Waals surface area contributed by atoms with Gasteiger partial charge < -0.3 is 10.6 Å². The van der Waals surface area contributed by atoms with Gasteiger partial charge in [0.25, 0.3) is 0 Å². The fraction of sp³-hybridized carbons (Fsp3) is 0.240. The Balaban J connectivity index is 1.84. The number of hydrogen-bond donors (Lipinski definition) is 2. The zero-order chi connectivity index (χ0) is 26.0. The quantitative estimate of drug-likeness (QED) is 0.386. The van der Waals surface area contributed by atoms with Gasteiger partial charge in [0.2, 0.25) is 0 Å². The van der Waals surface area contributed by atoms with E-state index in [1.54, 1.807) is 30.4 Å². The first-order valence-electron chi connectivity index (χ1n) is 10.4. The Labute approximate surface area is 198 Å². The van der Waals surface area contributed by atoms with Crippen LogP contribution in [0, 0.1) is 25.2 Å². The Hall–Kier alpha value is -4.00. The molecule has 0 saturated heterocycles. The highest BCUT2D eigenvalue weighted by Crippen LogP contribution is 2.37. The standard InChI is InChI=1S/C25H21F5N4O/c1-14-4-5-19(13-31)20(12-14)18-8-6-17(7-9-18)16(3)33-22-21(15(2)10-11-32-22)34-23(35)24(26,27)25(28,29)30/h4-12,16H,1-3H3,(H,32,33)(H,34,35). The second-order valence-electron chi connectivity index (χ2n) is 8.03. The van der Waals surface area contributed by atoms with Crippen LogP contribution >= 0.6 is 0 Å². The Morgan fingerprint density at radius 3 is 2.29 bits per heavy atom. The summed E-state index contributed by atoms with van der Waals surface area (Å²) in [5.74, 6) is -8.11. The average molecular weight is 488 g/mol. The molecule has 0 aliphatic heterocycles. The number of anilines is 2. The maximum atomic E-state index is 13.5. The van der Waals surface area contributed by atoms with Crippen molar-refractivity contribution in [2.75, 3.05) is 10.6 Å². The van der Waals surface area contributed by atoms with Crippen molar-refractivity contribution >= 4 is 17.4 Å². The average Bonchev–Trinajstić information content (AvgIpc) is 2.80. The molecule has 1 atom stereocenters. The highest BCUT2D eigenvalue weighted by Gasteiger charge is 2.63. The van der Waals surface area contributed by atoms with E-state index in [0.29, 0.717) is 5.56 Å². The number of nitrogens with one attached hydrogen (secondary N) is 2. The van der Waals surface area contributed by atoms with Crippen LogP contribution in [0.15, 0.2) is 54.7 Å². The summed E-state index contributed by atoms with van der Waals surface area (Å²) in [6.45, 7) is 5.10. The van der Waals surface area contributed by atoms with Gasteiger partial charge in [-0.05, 0) is 55.2 Å². The van der Waals surface area contributed by atoms with Crippen molar-refractivity contribution < 1.29 is 26.7 Å². The number of alkyl halides is 5. The molecule has 0 spiro atoms. The van der Waals surface area contributed by atoms with E-state index in [-0.39, 0.29) is 17.1 Å². The number of halogens is 5. The summed E-state index contributed by atoms with van der Waals surface area (Å²) >= 11 is 0. The molecule has 2 N–H and O–H groups in total. The first kappa shape index (κ1) is 25.6. The Morgan fingerprint density at radius 1 is 1.03 bits per heavy atom. The number of pyridine rings is 1. The lowest BCUT2D eigenvalue weighted by atomic mass is 9.96. The summed E-state index contributed by atoms with van der Waals surface area (Å²) < 4.78 is 64.7. The maximum absolute atomic E-state index is 13.5. The topological polar surface area (TPSA) is 77.8 Å². The van der Waals surface area contributed by atoms with Crippen LogP contribution in [0.4, 0.5) is 33.5 Å². The van der Waals surface area contributed by atoms with Crippen LogP contribution in [0.2, 0.25) is 0 Å². The molecule has 10 heteroatoms. The molecule has 0 saturated carbocycles. The third-order valence-corrected chi connectivity index (χ3v) is 5.41. The third-order valence-electron chi connectivity index (χ3n) is 5.41. The summed E-state index contributed by atoms with van der Waals surface area (Å²) in [7, 11) is 0. The van der Waals surface area contributed by atoms with Gasteiger partial charge in [0.05, 0.1) is 23.4 Å². The molecule has 1 amide bonds. The van der Waals surface area contributed by atoms with Gasteiger partial charge in [0.1, 0.15) is 0 Å². The highest BCUT2D eigenvalue weighted by atomic mass is 19.4. The van der Waals surface area contributed by atoms with E-state index in [1.807, 2.05) is 31.2 Å². The number of benzene rings is 2. The van der Waals surface area contributed by atoms with E-state index in [1.165, 1.54) is 19.2 Å². The largest absolute Gasteiger partial charge is 0.463 e. The molecule has 0 radical (unpaired) electrons. The van der Waals surface area contributed by atoms with Gasteiger partial charge in [-0.15, -0.1) is 0 Å². The molecule has 0 fully saturated rings. The Bertz CT molecular complexity index is 1280. The molecule has 2 aromatic carbocycles. The highest BCUT2D eigenvalue weighted by molar-refractivity contribution is 5.99. The molecular formula is C25H21F5N4O. The SMILES string of the molecule is Cc1ccc(C#N)c(-c2ccc(C(C)Nc3nccc(C)c3NC(=O)C(F)(F)C(F)(F)F)cc2)c1. The van der Waals surface area contributed by atoms with Gasteiger partial charge >= 0.3 is 18.0 Å². The molecule has 1 aromatic heterocycles. The van der Waals surface area contributed by atoms with Crippen molar-refractivity contribution in [2.24, 2.45) is 0 Å². The van der Waals surface area contributed by atoms with Crippen molar-refractivity contribution in [3.05, 3.63) is 77.0 Å². The minimum Gasteiger partial charge on any atom is -0.362 e. The van der Waals surface area contributed by atoms with E-state index in [4.69, 9.17) is 0 Å². The number of hydrogen-bond acceptors (Lipinski definition) is 4. The Kier molecular flexibility index (Phi) is 7.10. The number of aromatic nitrogens is 1. The number of carbonyl (C=O) groups is 1. The number of carbonyl (C=O) groups excluding carboxylic acids is 1. The summed E-state index contributed by atoms with van der Waals surface area (Å²) in [5, 5.41) is 14.0. The zero-order valence-corrected chi connectivity index (χ0v) is 19.0. The zero-order valence-electron chi connectivity index (χ0n) is 19.0. The van der Waals surface area contributed by atoms with Crippen LogP contribution in [0.5, 0.6) is 0 Å². The molecule has 0 bridgehead atoms. The molecule has 3 rings (SSSR count). The van der Waals surface area contributed by atoms with E-state index in [0.717, 1.165) is 22.3 Å². The van der Waals surface area contributed by atoms with Crippen LogP contribution in [0.1, 0.15) is 35.2 Å². The molecule has 5 nitrogen and oxygen atoms in total. The predicted octanol–water partition coefficient (Wildman–Crippen LogP) is 6.55.